The fourth-order valence-corrected chi connectivity index (χ4v) is 2.28. The van der Waals surface area contributed by atoms with E-state index >= 15 is 0 Å². The van der Waals surface area contributed by atoms with Crippen LogP contribution < -0.4 is 24.8 Å². The third-order valence-corrected chi connectivity index (χ3v) is 3.28. The molecule has 0 aliphatic rings. The summed E-state index contributed by atoms with van der Waals surface area (Å²) in [5.41, 5.74) is 1.61. The van der Waals surface area contributed by atoms with E-state index in [9.17, 15) is 0 Å². The van der Waals surface area contributed by atoms with E-state index in [1.165, 1.54) is 0 Å². The molecular formula is C17H20N2O3S. The lowest BCUT2D eigenvalue weighted by Crippen LogP contribution is -2.19. The van der Waals surface area contributed by atoms with E-state index in [-0.39, 0.29) is 0 Å². The average Bonchev–Trinajstić information content (AvgIpc) is 2.56. The van der Waals surface area contributed by atoms with Crippen LogP contribution in [0.2, 0.25) is 0 Å². The summed E-state index contributed by atoms with van der Waals surface area (Å²) in [6.45, 7) is 2.53. The van der Waals surface area contributed by atoms with E-state index in [1.54, 1.807) is 14.2 Å². The van der Waals surface area contributed by atoms with Crippen molar-refractivity contribution in [3.63, 3.8) is 0 Å². The van der Waals surface area contributed by atoms with Gasteiger partial charge in [-0.3, -0.25) is 0 Å². The van der Waals surface area contributed by atoms with E-state index in [1.807, 2.05) is 49.4 Å². The smallest absolute Gasteiger partial charge is 0.175 e. The molecule has 2 rings (SSSR count). The number of hydrogen-bond donors (Lipinski definition) is 2. The number of rotatable bonds is 6. The summed E-state index contributed by atoms with van der Waals surface area (Å²) >= 11 is 5.35. The van der Waals surface area contributed by atoms with Gasteiger partial charge in [-0.25, -0.2) is 0 Å². The Morgan fingerprint density at radius 1 is 0.957 bits per heavy atom. The molecule has 0 spiro atoms. The van der Waals surface area contributed by atoms with Gasteiger partial charge in [0.1, 0.15) is 5.75 Å². The monoisotopic (exact) mass is 332 g/mol. The molecule has 122 valence electrons. The van der Waals surface area contributed by atoms with Crippen LogP contribution in [0.1, 0.15) is 6.92 Å². The van der Waals surface area contributed by atoms with E-state index in [4.69, 9.17) is 26.4 Å². The van der Waals surface area contributed by atoms with Gasteiger partial charge in [-0.1, -0.05) is 12.1 Å². The molecule has 0 aliphatic heterocycles. The molecule has 2 aromatic rings. The Kier molecular flexibility index (Phi) is 6.05. The second-order valence-electron chi connectivity index (χ2n) is 4.58. The van der Waals surface area contributed by atoms with Gasteiger partial charge < -0.3 is 24.8 Å². The quantitative estimate of drug-likeness (QED) is 0.782. The summed E-state index contributed by atoms with van der Waals surface area (Å²) in [5.74, 6) is 2.06. The minimum Gasteiger partial charge on any atom is -0.493 e. The molecule has 6 heteroatoms. The van der Waals surface area contributed by atoms with Gasteiger partial charge >= 0.3 is 0 Å². The van der Waals surface area contributed by atoms with Crippen molar-refractivity contribution in [3.8, 4) is 17.2 Å². The maximum absolute atomic E-state index is 5.57. The number of ether oxygens (including phenoxy) is 3. The number of anilines is 2. The van der Waals surface area contributed by atoms with E-state index in [0.717, 1.165) is 17.1 Å². The number of para-hydroxylation sites is 2. The van der Waals surface area contributed by atoms with Gasteiger partial charge in [-0.2, -0.15) is 0 Å². The normalized spacial score (nSPS) is 9.87. The first-order chi connectivity index (χ1) is 11.2. The molecule has 2 N–H and O–H groups in total. The number of thiocarbonyl (C=S) groups is 1. The predicted molar refractivity (Wildman–Crippen MR) is 97.0 cm³/mol. The molecule has 0 aromatic heterocycles. The minimum absolute atomic E-state index is 0.462. The summed E-state index contributed by atoms with van der Waals surface area (Å²) < 4.78 is 16.1. The minimum atomic E-state index is 0.462. The Hall–Kier alpha value is -2.47. The molecule has 0 saturated heterocycles. The molecule has 5 nitrogen and oxygen atoms in total. The SMILES string of the molecule is CCOc1ccccc1NC(=S)Nc1ccc(OC)c(OC)c1. The molecule has 0 aliphatic carbocycles. The Morgan fingerprint density at radius 3 is 2.39 bits per heavy atom. The van der Waals surface area contributed by atoms with E-state index in [2.05, 4.69) is 10.6 Å². The van der Waals surface area contributed by atoms with Crippen molar-refractivity contribution in [1.82, 2.24) is 0 Å². The number of methoxy groups -OCH3 is 2. The maximum Gasteiger partial charge on any atom is 0.175 e. The average molecular weight is 332 g/mol. The van der Waals surface area contributed by atoms with Gasteiger partial charge in [0.25, 0.3) is 0 Å². The number of hydrogen-bond acceptors (Lipinski definition) is 4. The maximum atomic E-state index is 5.57. The molecule has 0 fully saturated rings. The van der Waals surface area contributed by atoms with Crippen LogP contribution >= 0.6 is 12.2 Å². The highest BCUT2D eigenvalue weighted by atomic mass is 32.1. The van der Waals surface area contributed by atoms with Gasteiger partial charge in [0.05, 0.1) is 26.5 Å². The van der Waals surface area contributed by atoms with Gasteiger partial charge in [-0.15, -0.1) is 0 Å². The first-order valence-electron chi connectivity index (χ1n) is 7.19. The molecule has 0 amide bonds. The van der Waals surface area contributed by atoms with Crippen LogP contribution in [0.25, 0.3) is 0 Å². The fourth-order valence-electron chi connectivity index (χ4n) is 2.05. The lowest BCUT2D eigenvalue weighted by atomic mass is 10.2. The zero-order chi connectivity index (χ0) is 16.7. The van der Waals surface area contributed by atoms with Crippen molar-refractivity contribution in [1.29, 1.82) is 0 Å². The van der Waals surface area contributed by atoms with Crippen LogP contribution in [0.3, 0.4) is 0 Å². The largest absolute Gasteiger partial charge is 0.493 e. The van der Waals surface area contributed by atoms with Crippen molar-refractivity contribution in [2.45, 2.75) is 6.92 Å². The topological polar surface area (TPSA) is 51.8 Å². The second-order valence-corrected chi connectivity index (χ2v) is 4.99. The lowest BCUT2D eigenvalue weighted by Gasteiger charge is -2.15. The summed E-state index contributed by atoms with van der Waals surface area (Å²) in [5, 5.41) is 6.71. The molecule has 0 atom stereocenters. The van der Waals surface area contributed by atoms with Crippen molar-refractivity contribution in [3.05, 3.63) is 42.5 Å². The molecule has 23 heavy (non-hydrogen) atoms. The van der Waals surface area contributed by atoms with Crippen LogP contribution in [0.5, 0.6) is 17.2 Å². The highest BCUT2D eigenvalue weighted by Gasteiger charge is 2.07. The molecular weight excluding hydrogens is 312 g/mol. The molecule has 0 bridgehead atoms. The van der Waals surface area contributed by atoms with Gasteiger partial charge in [0.2, 0.25) is 0 Å². The van der Waals surface area contributed by atoms with Gasteiger partial charge in [-0.05, 0) is 43.4 Å². The van der Waals surface area contributed by atoms with Crippen LogP contribution in [-0.4, -0.2) is 25.9 Å². The molecule has 0 unspecified atom stereocenters. The van der Waals surface area contributed by atoms with Crippen molar-refractivity contribution in [2.75, 3.05) is 31.5 Å². The molecule has 0 saturated carbocycles. The van der Waals surface area contributed by atoms with Crippen molar-refractivity contribution in [2.24, 2.45) is 0 Å². The van der Waals surface area contributed by atoms with Crippen LogP contribution in [0.15, 0.2) is 42.5 Å². The summed E-state index contributed by atoms with van der Waals surface area (Å²) in [7, 11) is 3.19. The Balaban J connectivity index is 2.08. The summed E-state index contributed by atoms with van der Waals surface area (Å²) in [4.78, 5) is 0. The Morgan fingerprint density at radius 2 is 1.70 bits per heavy atom. The number of nitrogens with one attached hydrogen (secondary N) is 2. The van der Waals surface area contributed by atoms with Gasteiger partial charge in [0.15, 0.2) is 16.6 Å². The van der Waals surface area contributed by atoms with Crippen LogP contribution in [-0.2, 0) is 0 Å². The molecule has 0 heterocycles. The lowest BCUT2D eigenvalue weighted by molar-refractivity contribution is 0.342. The van der Waals surface area contributed by atoms with E-state index in [0.29, 0.717) is 23.2 Å². The molecule has 2 aromatic carbocycles. The first kappa shape index (κ1) is 16.9. The summed E-state index contributed by atoms with van der Waals surface area (Å²) in [6.07, 6.45) is 0. The van der Waals surface area contributed by atoms with Crippen molar-refractivity contribution < 1.29 is 14.2 Å². The Bertz CT molecular complexity index is 677. The fraction of sp³-hybridized carbons (Fsp3) is 0.235. The predicted octanol–water partition coefficient (Wildman–Crippen LogP) is 3.91. The van der Waals surface area contributed by atoms with Crippen molar-refractivity contribution >= 4 is 28.7 Å². The standard InChI is InChI=1S/C17H20N2O3S/c1-4-22-14-8-6-5-7-13(14)19-17(23)18-12-9-10-15(20-2)16(11-12)21-3/h5-11H,4H2,1-3H3,(H2,18,19,23). The zero-order valence-corrected chi connectivity index (χ0v) is 14.2. The third-order valence-electron chi connectivity index (χ3n) is 3.08. The first-order valence-corrected chi connectivity index (χ1v) is 7.60. The highest BCUT2D eigenvalue weighted by molar-refractivity contribution is 7.80. The van der Waals surface area contributed by atoms with Crippen LogP contribution in [0.4, 0.5) is 11.4 Å². The summed E-state index contributed by atoms with van der Waals surface area (Å²) in [6, 6.07) is 13.1. The third kappa shape index (κ3) is 4.50. The second kappa shape index (κ2) is 8.24. The van der Waals surface area contributed by atoms with Crippen LogP contribution in [0, 0.1) is 0 Å². The number of benzene rings is 2. The Labute approximate surface area is 141 Å². The molecule has 0 radical (unpaired) electrons. The zero-order valence-electron chi connectivity index (χ0n) is 13.4. The highest BCUT2D eigenvalue weighted by Crippen LogP contribution is 2.30. The van der Waals surface area contributed by atoms with E-state index < -0.39 is 0 Å². The van der Waals surface area contributed by atoms with Gasteiger partial charge in [0, 0.05) is 11.8 Å².